The van der Waals surface area contributed by atoms with Gasteiger partial charge in [-0.25, -0.2) is 9.37 Å². The predicted octanol–water partition coefficient (Wildman–Crippen LogP) is -1.59. The third kappa shape index (κ3) is 1.61. The van der Waals surface area contributed by atoms with Crippen molar-refractivity contribution in [2.45, 2.75) is 36.2 Å². The number of fused-ring (bicyclic) bond motifs is 2. The van der Waals surface area contributed by atoms with Crippen molar-refractivity contribution in [1.29, 1.82) is 0 Å². The van der Waals surface area contributed by atoms with Crippen LogP contribution in [0.2, 0.25) is 0 Å². The van der Waals surface area contributed by atoms with E-state index in [0.717, 1.165) is 0 Å². The second-order valence-corrected chi connectivity index (χ2v) is 5.98. The number of rotatable bonds is 2. The number of methoxy groups -OCH3 is 1. The van der Waals surface area contributed by atoms with Crippen LogP contribution in [-0.2, 0) is 15.9 Å². The first-order valence-corrected chi connectivity index (χ1v) is 7.05. The molecule has 0 radical (unpaired) electrons. The van der Waals surface area contributed by atoms with Crippen molar-refractivity contribution in [3.63, 3.8) is 0 Å². The average Bonchev–Trinajstić information content (AvgIpc) is 2.87. The first-order valence-electron chi connectivity index (χ1n) is 7.05. The van der Waals surface area contributed by atoms with Crippen molar-refractivity contribution < 1.29 is 24.1 Å². The van der Waals surface area contributed by atoms with E-state index in [1.165, 1.54) is 13.3 Å². The summed E-state index contributed by atoms with van der Waals surface area (Å²) in [4.78, 5) is 22.1. The molecule has 0 spiro atoms. The number of anilines is 1. The van der Waals surface area contributed by atoms with E-state index in [1.54, 1.807) is 0 Å². The Morgan fingerprint density at radius 1 is 1.61 bits per heavy atom. The lowest BCUT2D eigenvalue weighted by atomic mass is 9.90. The van der Waals surface area contributed by atoms with Gasteiger partial charge in [0.05, 0.1) is 5.69 Å². The summed E-state index contributed by atoms with van der Waals surface area (Å²) < 4.78 is 25.1. The number of H-pyrrole nitrogens is 1. The molecule has 4 rings (SSSR count). The molecule has 1 saturated heterocycles. The number of nitrogens with one attached hydrogen (secondary N) is 1. The first-order chi connectivity index (χ1) is 10.8. The molecule has 1 aliphatic carbocycles. The third-order valence-electron chi connectivity index (χ3n) is 4.81. The fourth-order valence-electron chi connectivity index (χ4n) is 3.51. The largest absolute Gasteiger partial charge is 0.384 e. The standard InChI is InChI=1S/C13H15FN4O5/c1-22-13-10(20)12(13,21)8(14)7(23-13)4-2-5-6(16-3-4)9(19)18-11(15)17-5/h3-4,7-8,10,20-21H,2H2,1H3,(H3,15,17,18,19)/t4?,7-,8-,10?,12-,13+/m0/s1. The number of nitrogens with two attached hydrogens (primary N) is 1. The fraction of sp³-hybridized carbons (Fsp3) is 0.615. The highest BCUT2D eigenvalue weighted by atomic mass is 19.1. The van der Waals surface area contributed by atoms with Crippen molar-refractivity contribution in [1.82, 2.24) is 9.97 Å². The van der Waals surface area contributed by atoms with Crippen LogP contribution >= 0.6 is 0 Å². The van der Waals surface area contributed by atoms with Crippen LogP contribution < -0.4 is 11.3 Å². The van der Waals surface area contributed by atoms with Crippen LogP contribution in [0.3, 0.4) is 0 Å². The summed E-state index contributed by atoms with van der Waals surface area (Å²) in [6, 6.07) is 0. The molecule has 124 valence electrons. The van der Waals surface area contributed by atoms with Gasteiger partial charge in [-0.3, -0.25) is 14.8 Å². The summed E-state index contributed by atoms with van der Waals surface area (Å²) in [7, 11) is 1.22. The molecule has 0 bridgehead atoms. The Labute approximate surface area is 129 Å². The normalized spacial score (nSPS) is 44.0. The summed E-state index contributed by atoms with van der Waals surface area (Å²) in [5, 5.41) is 20.0. The van der Waals surface area contributed by atoms with Crippen molar-refractivity contribution in [2.75, 3.05) is 12.8 Å². The van der Waals surface area contributed by atoms with E-state index in [2.05, 4.69) is 15.0 Å². The Hall–Kier alpha value is -1.88. The molecule has 2 aliphatic heterocycles. The van der Waals surface area contributed by atoms with Gasteiger partial charge in [0.15, 0.2) is 11.8 Å². The number of hydrogen-bond acceptors (Lipinski definition) is 8. The lowest BCUT2D eigenvalue weighted by molar-refractivity contribution is -0.192. The number of nitrogen functional groups attached to an aromatic ring is 1. The molecule has 3 aliphatic rings. The van der Waals surface area contributed by atoms with Gasteiger partial charge < -0.3 is 25.4 Å². The van der Waals surface area contributed by atoms with E-state index in [0.29, 0.717) is 5.69 Å². The minimum atomic E-state index is -2.10. The SMILES string of the molecule is CO[C@]12O[C@@H](C3C=Nc4c(nc(N)[nH]c4=O)C3)[C@H](F)[C@]1(O)C2O. The Morgan fingerprint density at radius 2 is 2.35 bits per heavy atom. The highest BCUT2D eigenvalue weighted by Crippen LogP contribution is 2.62. The molecule has 10 heteroatoms. The highest BCUT2D eigenvalue weighted by molar-refractivity contribution is 5.71. The monoisotopic (exact) mass is 326 g/mol. The van der Waals surface area contributed by atoms with Crippen molar-refractivity contribution >= 4 is 17.9 Å². The maximum absolute atomic E-state index is 14.6. The van der Waals surface area contributed by atoms with Gasteiger partial charge in [-0.15, -0.1) is 0 Å². The van der Waals surface area contributed by atoms with Crippen LogP contribution in [-0.4, -0.2) is 63.3 Å². The molecule has 2 unspecified atom stereocenters. The quantitative estimate of drug-likeness (QED) is 0.513. The van der Waals surface area contributed by atoms with Crippen LogP contribution in [0.15, 0.2) is 9.79 Å². The van der Waals surface area contributed by atoms with Gasteiger partial charge in [0.2, 0.25) is 11.7 Å². The van der Waals surface area contributed by atoms with E-state index in [9.17, 15) is 19.4 Å². The molecule has 1 saturated carbocycles. The predicted molar refractivity (Wildman–Crippen MR) is 75.1 cm³/mol. The second kappa shape index (κ2) is 4.35. The first kappa shape index (κ1) is 14.7. The van der Waals surface area contributed by atoms with E-state index < -0.39 is 41.2 Å². The maximum Gasteiger partial charge on any atom is 0.278 e. The van der Waals surface area contributed by atoms with Gasteiger partial charge >= 0.3 is 0 Å². The Balaban J connectivity index is 1.64. The molecular weight excluding hydrogens is 311 g/mol. The molecule has 3 heterocycles. The Bertz CT molecular complexity index is 765. The smallest absolute Gasteiger partial charge is 0.278 e. The number of aromatic amines is 1. The Kier molecular flexibility index (Phi) is 2.78. The summed E-state index contributed by atoms with van der Waals surface area (Å²) >= 11 is 0. The topological polar surface area (TPSA) is 143 Å². The molecule has 1 aromatic heterocycles. The molecule has 1 aromatic rings. The molecule has 0 amide bonds. The van der Waals surface area contributed by atoms with Crippen LogP contribution in [0.1, 0.15) is 5.69 Å². The zero-order valence-electron chi connectivity index (χ0n) is 12.1. The molecule has 0 aromatic carbocycles. The van der Waals surface area contributed by atoms with Crippen molar-refractivity contribution in [2.24, 2.45) is 10.9 Å². The van der Waals surface area contributed by atoms with Gasteiger partial charge in [-0.05, 0) is 0 Å². The van der Waals surface area contributed by atoms with E-state index in [-0.39, 0.29) is 18.1 Å². The van der Waals surface area contributed by atoms with Gasteiger partial charge in [0.1, 0.15) is 17.9 Å². The number of ether oxygens (including phenoxy) is 2. The van der Waals surface area contributed by atoms with Crippen molar-refractivity contribution in [3.8, 4) is 0 Å². The summed E-state index contributed by atoms with van der Waals surface area (Å²) in [5.74, 6) is -2.40. The molecule has 5 N–H and O–H groups in total. The number of hydrogen-bond donors (Lipinski definition) is 4. The average molecular weight is 326 g/mol. The number of aliphatic hydroxyl groups is 2. The number of aromatic nitrogens is 2. The third-order valence-corrected chi connectivity index (χ3v) is 4.81. The van der Waals surface area contributed by atoms with Gasteiger partial charge in [-0.1, -0.05) is 0 Å². The molecule has 9 nitrogen and oxygen atoms in total. The number of halogens is 1. The zero-order chi connectivity index (χ0) is 16.6. The minimum Gasteiger partial charge on any atom is -0.384 e. The fourth-order valence-corrected chi connectivity index (χ4v) is 3.51. The number of aliphatic imine (C=N–C) groups is 1. The lowest BCUT2D eigenvalue weighted by Gasteiger charge is -2.27. The summed E-state index contributed by atoms with van der Waals surface area (Å²) in [5.41, 5.74) is 3.38. The van der Waals surface area contributed by atoms with Gasteiger partial charge in [0.25, 0.3) is 5.56 Å². The zero-order valence-corrected chi connectivity index (χ0v) is 12.1. The Morgan fingerprint density at radius 3 is 3.00 bits per heavy atom. The molecule has 23 heavy (non-hydrogen) atoms. The van der Waals surface area contributed by atoms with Gasteiger partial charge in [-0.2, -0.15) is 0 Å². The van der Waals surface area contributed by atoms with Crippen LogP contribution in [0.5, 0.6) is 0 Å². The lowest BCUT2D eigenvalue weighted by Crippen LogP contribution is -2.42. The van der Waals surface area contributed by atoms with E-state index >= 15 is 0 Å². The molecular formula is C13H15FN4O5. The highest BCUT2D eigenvalue weighted by Gasteiger charge is 2.89. The number of nitrogens with zero attached hydrogens (tertiary/aromatic N) is 2. The second-order valence-electron chi connectivity index (χ2n) is 5.98. The minimum absolute atomic E-state index is 0.0565. The summed E-state index contributed by atoms with van der Waals surface area (Å²) in [6.07, 6.45) is -2.84. The summed E-state index contributed by atoms with van der Waals surface area (Å²) in [6.45, 7) is 0. The van der Waals surface area contributed by atoms with Crippen molar-refractivity contribution in [3.05, 3.63) is 16.0 Å². The number of alkyl halides is 1. The van der Waals surface area contributed by atoms with Gasteiger partial charge in [0, 0.05) is 25.7 Å². The van der Waals surface area contributed by atoms with Crippen LogP contribution in [0, 0.1) is 5.92 Å². The van der Waals surface area contributed by atoms with E-state index in [1.807, 2.05) is 0 Å². The van der Waals surface area contributed by atoms with Crippen LogP contribution in [0.25, 0.3) is 0 Å². The maximum atomic E-state index is 14.6. The molecule has 6 atom stereocenters. The van der Waals surface area contributed by atoms with E-state index in [4.69, 9.17) is 15.2 Å². The van der Waals surface area contributed by atoms with Crippen LogP contribution in [0.4, 0.5) is 16.0 Å². The number of aliphatic hydroxyl groups excluding tert-OH is 1. The molecule has 2 fully saturated rings.